The Morgan fingerprint density at radius 2 is 2.12 bits per heavy atom. The van der Waals surface area contributed by atoms with Crippen molar-refractivity contribution in [3.63, 3.8) is 0 Å². The Kier molecular flexibility index (Phi) is 5.22. The fourth-order valence-electron chi connectivity index (χ4n) is 1.74. The average molecular weight is 250 g/mol. The molecule has 0 aromatic carbocycles. The molecule has 16 heavy (non-hydrogen) atoms. The molecule has 0 radical (unpaired) electrons. The molecule has 0 aromatic heterocycles. The van der Waals surface area contributed by atoms with Gasteiger partial charge >= 0.3 is 0 Å². The van der Waals surface area contributed by atoms with E-state index in [1.165, 1.54) is 0 Å². The number of nitrogens with zero attached hydrogens (tertiary/aromatic N) is 1. The second-order valence-corrected chi connectivity index (χ2v) is 4.85. The van der Waals surface area contributed by atoms with Gasteiger partial charge in [-0.3, -0.25) is 9.59 Å². The molecule has 3 N–H and O–H groups in total. The molecule has 6 heteroatoms. The van der Waals surface area contributed by atoms with Crippen LogP contribution in [-0.4, -0.2) is 41.4 Å². The Hall–Kier alpha value is -0.810. The summed E-state index contributed by atoms with van der Waals surface area (Å²) in [7, 11) is 0. The first-order chi connectivity index (χ1) is 6.84. The minimum atomic E-state index is -0.205. The van der Waals surface area contributed by atoms with Gasteiger partial charge in [0.15, 0.2) is 0 Å². The summed E-state index contributed by atoms with van der Waals surface area (Å²) in [5, 5.41) is 2.73. The molecule has 0 aromatic rings. The average Bonchev–Trinajstić information content (AvgIpc) is 2.45. The SMILES string of the molecule is CC(C)(C)N1CC(NC(=O)CN)CC1=O.Cl. The van der Waals surface area contributed by atoms with E-state index in [1.54, 1.807) is 4.90 Å². The van der Waals surface area contributed by atoms with Gasteiger partial charge in [0.05, 0.1) is 12.6 Å². The van der Waals surface area contributed by atoms with E-state index in [-0.39, 0.29) is 42.3 Å². The van der Waals surface area contributed by atoms with Crippen LogP contribution in [0.2, 0.25) is 0 Å². The quantitative estimate of drug-likeness (QED) is 0.717. The van der Waals surface area contributed by atoms with Crippen molar-refractivity contribution >= 4 is 24.2 Å². The van der Waals surface area contributed by atoms with Crippen LogP contribution in [0.25, 0.3) is 0 Å². The van der Waals surface area contributed by atoms with E-state index in [4.69, 9.17) is 5.73 Å². The molecule has 5 nitrogen and oxygen atoms in total. The number of nitrogens with one attached hydrogen (secondary N) is 1. The lowest BCUT2D eigenvalue weighted by atomic mass is 10.1. The van der Waals surface area contributed by atoms with E-state index < -0.39 is 0 Å². The maximum Gasteiger partial charge on any atom is 0.234 e. The molecule has 2 amide bonds. The number of amides is 2. The van der Waals surface area contributed by atoms with Crippen molar-refractivity contribution in [1.29, 1.82) is 0 Å². The van der Waals surface area contributed by atoms with Gasteiger partial charge in [0.25, 0.3) is 0 Å². The third-order valence-electron chi connectivity index (χ3n) is 2.49. The van der Waals surface area contributed by atoms with Crippen molar-refractivity contribution < 1.29 is 9.59 Å². The van der Waals surface area contributed by atoms with Crippen LogP contribution in [0.4, 0.5) is 0 Å². The maximum atomic E-state index is 11.6. The van der Waals surface area contributed by atoms with Gasteiger partial charge in [-0.25, -0.2) is 0 Å². The number of nitrogens with two attached hydrogens (primary N) is 1. The minimum Gasteiger partial charge on any atom is -0.350 e. The molecule has 1 saturated heterocycles. The highest BCUT2D eigenvalue weighted by Gasteiger charge is 2.36. The number of carbonyl (C=O) groups excluding carboxylic acids is 2. The van der Waals surface area contributed by atoms with E-state index in [2.05, 4.69) is 5.32 Å². The van der Waals surface area contributed by atoms with Gasteiger partial charge in [-0.05, 0) is 20.8 Å². The number of hydrogen-bond acceptors (Lipinski definition) is 3. The van der Waals surface area contributed by atoms with Crippen molar-refractivity contribution in [2.75, 3.05) is 13.1 Å². The molecule has 0 spiro atoms. The lowest BCUT2D eigenvalue weighted by Crippen LogP contribution is -2.45. The number of likely N-dealkylation sites (tertiary alicyclic amines) is 1. The van der Waals surface area contributed by atoms with Gasteiger partial charge in [-0.15, -0.1) is 12.4 Å². The molecule has 1 unspecified atom stereocenters. The van der Waals surface area contributed by atoms with Crippen molar-refractivity contribution in [2.24, 2.45) is 5.73 Å². The summed E-state index contributed by atoms with van der Waals surface area (Å²) in [6.45, 7) is 6.50. The highest BCUT2D eigenvalue weighted by atomic mass is 35.5. The number of rotatable bonds is 2. The van der Waals surface area contributed by atoms with Crippen LogP contribution in [-0.2, 0) is 9.59 Å². The Balaban J connectivity index is 0.00000225. The summed E-state index contributed by atoms with van der Waals surface area (Å²) in [5.41, 5.74) is 5.01. The summed E-state index contributed by atoms with van der Waals surface area (Å²) in [5.74, 6) is -0.117. The predicted octanol–water partition coefficient (Wildman–Crippen LogP) is -0.117. The highest BCUT2D eigenvalue weighted by Crippen LogP contribution is 2.21. The monoisotopic (exact) mass is 249 g/mol. The van der Waals surface area contributed by atoms with E-state index in [9.17, 15) is 9.59 Å². The second kappa shape index (κ2) is 5.50. The zero-order chi connectivity index (χ0) is 11.6. The van der Waals surface area contributed by atoms with Crippen molar-refractivity contribution in [1.82, 2.24) is 10.2 Å². The fraction of sp³-hybridized carbons (Fsp3) is 0.800. The Morgan fingerprint density at radius 3 is 2.50 bits per heavy atom. The van der Waals surface area contributed by atoms with Crippen LogP contribution in [0.1, 0.15) is 27.2 Å². The molecule has 0 bridgehead atoms. The van der Waals surface area contributed by atoms with Crippen molar-refractivity contribution in [2.45, 2.75) is 38.8 Å². The van der Waals surface area contributed by atoms with E-state index in [1.807, 2.05) is 20.8 Å². The summed E-state index contributed by atoms with van der Waals surface area (Å²) in [6.07, 6.45) is 0.378. The third-order valence-corrected chi connectivity index (χ3v) is 2.49. The molecular weight excluding hydrogens is 230 g/mol. The van der Waals surface area contributed by atoms with Crippen LogP contribution in [0, 0.1) is 0 Å². The topological polar surface area (TPSA) is 75.4 Å². The van der Waals surface area contributed by atoms with Crippen molar-refractivity contribution in [3.05, 3.63) is 0 Å². The molecular formula is C10H20ClN3O2. The molecule has 1 atom stereocenters. The smallest absolute Gasteiger partial charge is 0.234 e. The lowest BCUT2D eigenvalue weighted by Gasteiger charge is -2.32. The van der Waals surface area contributed by atoms with E-state index >= 15 is 0 Å². The zero-order valence-electron chi connectivity index (χ0n) is 9.95. The Bertz CT molecular complexity index is 276. The van der Waals surface area contributed by atoms with E-state index in [0.717, 1.165) is 0 Å². The van der Waals surface area contributed by atoms with Gasteiger partial charge < -0.3 is 16.0 Å². The number of halogens is 1. The maximum absolute atomic E-state index is 11.6. The van der Waals surface area contributed by atoms with Gasteiger partial charge in [-0.2, -0.15) is 0 Å². The second-order valence-electron chi connectivity index (χ2n) is 4.85. The predicted molar refractivity (Wildman–Crippen MR) is 64.3 cm³/mol. The first-order valence-electron chi connectivity index (χ1n) is 5.14. The summed E-state index contributed by atoms with van der Waals surface area (Å²) in [4.78, 5) is 24.5. The van der Waals surface area contributed by atoms with Crippen LogP contribution in [0.5, 0.6) is 0 Å². The minimum absolute atomic E-state index is 0. The van der Waals surface area contributed by atoms with Crippen LogP contribution in [0.15, 0.2) is 0 Å². The molecule has 1 aliphatic heterocycles. The standard InChI is InChI=1S/C10H19N3O2.ClH/c1-10(2,3)13-6-7(4-9(13)15)12-8(14)5-11;/h7H,4-6,11H2,1-3H3,(H,12,14);1H. The van der Waals surface area contributed by atoms with Gasteiger partial charge in [0.1, 0.15) is 0 Å². The lowest BCUT2D eigenvalue weighted by molar-refractivity contribution is -0.131. The first-order valence-corrected chi connectivity index (χ1v) is 5.14. The molecule has 1 fully saturated rings. The number of hydrogen-bond donors (Lipinski definition) is 2. The Labute approximate surface area is 102 Å². The van der Waals surface area contributed by atoms with Gasteiger partial charge in [0.2, 0.25) is 11.8 Å². The molecule has 0 aliphatic carbocycles. The van der Waals surface area contributed by atoms with Gasteiger partial charge in [-0.1, -0.05) is 0 Å². The third kappa shape index (κ3) is 3.64. The number of carbonyl (C=O) groups is 2. The molecule has 0 saturated carbocycles. The largest absolute Gasteiger partial charge is 0.350 e. The zero-order valence-corrected chi connectivity index (χ0v) is 10.8. The Morgan fingerprint density at radius 1 is 1.56 bits per heavy atom. The summed E-state index contributed by atoms with van der Waals surface area (Å²) in [6, 6.07) is -0.0900. The first kappa shape index (κ1) is 15.2. The molecule has 1 aliphatic rings. The summed E-state index contributed by atoms with van der Waals surface area (Å²) < 4.78 is 0. The fourth-order valence-corrected chi connectivity index (χ4v) is 1.74. The van der Waals surface area contributed by atoms with Crippen LogP contribution >= 0.6 is 12.4 Å². The van der Waals surface area contributed by atoms with Crippen LogP contribution < -0.4 is 11.1 Å². The van der Waals surface area contributed by atoms with Crippen LogP contribution in [0.3, 0.4) is 0 Å². The van der Waals surface area contributed by atoms with Gasteiger partial charge in [0, 0.05) is 18.5 Å². The highest BCUT2D eigenvalue weighted by molar-refractivity contribution is 5.85. The molecule has 1 heterocycles. The van der Waals surface area contributed by atoms with E-state index in [0.29, 0.717) is 13.0 Å². The molecule has 94 valence electrons. The summed E-state index contributed by atoms with van der Waals surface area (Å²) >= 11 is 0. The van der Waals surface area contributed by atoms with Crippen molar-refractivity contribution in [3.8, 4) is 0 Å². The normalized spacial score (nSPS) is 20.6. The molecule has 1 rings (SSSR count).